The van der Waals surface area contributed by atoms with Gasteiger partial charge in [-0.3, -0.25) is 4.79 Å². The SMILES string of the molecule is C=CCn1c(SCC(=O)Nc2ccc(I)cc2C)nnc1C1CCCCC1. The second-order valence-corrected chi connectivity index (χ2v) is 9.06. The molecule has 0 bridgehead atoms. The standard InChI is InChI=1S/C20H25IN4OS/c1-3-11-25-19(15-7-5-4-6-8-15)23-24-20(25)27-13-18(26)22-17-10-9-16(21)12-14(17)2/h3,9-10,12,15H,1,4-8,11,13H2,2H3,(H,22,26). The average Bonchev–Trinajstić information content (AvgIpc) is 3.06. The maximum atomic E-state index is 12.4. The Labute approximate surface area is 178 Å². The van der Waals surface area contributed by atoms with Crippen molar-refractivity contribution < 1.29 is 4.79 Å². The number of rotatable bonds is 7. The van der Waals surface area contributed by atoms with Gasteiger partial charge in [-0.15, -0.1) is 16.8 Å². The molecule has 1 aliphatic rings. The maximum Gasteiger partial charge on any atom is 0.234 e. The molecule has 3 rings (SSSR count). The van der Waals surface area contributed by atoms with Crippen molar-refractivity contribution in [1.29, 1.82) is 0 Å². The van der Waals surface area contributed by atoms with Gasteiger partial charge in [-0.1, -0.05) is 37.1 Å². The summed E-state index contributed by atoms with van der Waals surface area (Å²) < 4.78 is 3.28. The third kappa shape index (κ3) is 5.34. The molecule has 1 N–H and O–H groups in total. The molecule has 144 valence electrons. The van der Waals surface area contributed by atoms with Gasteiger partial charge in [0.15, 0.2) is 5.16 Å². The number of nitrogens with zero attached hydrogens (tertiary/aromatic N) is 3. The van der Waals surface area contributed by atoms with Crippen molar-refractivity contribution in [1.82, 2.24) is 14.8 Å². The van der Waals surface area contributed by atoms with E-state index in [0.717, 1.165) is 25.8 Å². The first-order valence-electron chi connectivity index (χ1n) is 9.31. The second-order valence-electron chi connectivity index (χ2n) is 6.87. The number of allylic oxidation sites excluding steroid dienone is 1. The van der Waals surface area contributed by atoms with Crippen LogP contribution in [0.5, 0.6) is 0 Å². The van der Waals surface area contributed by atoms with E-state index < -0.39 is 0 Å². The van der Waals surface area contributed by atoms with Gasteiger partial charge in [0, 0.05) is 21.7 Å². The summed E-state index contributed by atoms with van der Waals surface area (Å²) in [5, 5.41) is 12.6. The van der Waals surface area contributed by atoms with Crippen LogP contribution in [0.3, 0.4) is 0 Å². The number of aromatic nitrogens is 3. The van der Waals surface area contributed by atoms with Gasteiger partial charge >= 0.3 is 0 Å². The monoisotopic (exact) mass is 496 g/mol. The Morgan fingerprint density at radius 2 is 2.15 bits per heavy atom. The second kappa shape index (κ2) is 9.73. The van der Waals surface area contributed by atoms with Gasteiger partial charge in [-0.05, 0) is 66.1 Å². The van der Waals surface area contributed by atoms with Crippen LogP contribution in [-0.4, -0.2) is 26.4 Å². The number of anilines is 1. The Kier molecular flexibility index (Phi) is 7.34. The quantitative estimate of drug-likeness (QED) is 0.327. The molecule has 0 spiro atoms. The Morgan fingerprint density at radius 3 is 2.85 bits per heavy atom. The highest BCUT2D eigenvalue weighted by molar-refractivity contribution is 14.1. The van der Waals surface area contributed by atoms with E-state index in [9.17, 15) is 4.79 Å². The fourth-order valence-corrected chi connectivity index (χ4v) is 4.86. The molecule has 1 amide bonds. The van der Waals surface area contributed by atoms with Crippen LogP contribution in [0, 0.1) is 10.5 Å². The molecule has 1 heterocycles. The molecule has 0 saturated heterocycles. The lowest BCUT2D eigenvalue weighted by Gasteiger charge is -2.21. The molecule has 0 radical (unpaired) electrons. The van der Waals surface area contributed by atoms with E-state index in [0.29, 0.717) is 18.2 Å². The Balaban J connectivity index is 1.65. The predicted octanol–water partition coefficient (Wildman–Crippen LogP) is 5.16. The number of hydrogen-bond acceptors (Lipinski definition) is 4. The fourth-order valence-electron chi connectivity index (χ4n) is 3.45. The minimum atomic E-state index is -0.0309. The molecule has 5 nitrogen and oxygen atoms in total. The van der Waals surface area contributed by atoms with Crippen LogP contribution < -0.4 is 5.32 Å². The topological polar surface area (TPSA) is 59.8 Å². The van der Waals surface area contributed by atoms with E-state index in [1.165, 1.54) is 43.9 Å². The molecule has 2 aromatic rings. The van der Waals surface area contributed by atoms with Gasteiger partial charge in [0.2, 0.25) is 5.91 Å². The van der Waals surface area contributed by atoms with Crippen LogP contribution in [0.1, 0.15) is 49.4 Å². The summed E-state index contributed by atoms with van der Waals surface area (Å²) in [4.78, 5) is 12.4. The lowest BCUT2D eigenvalue weighted by Crippen LogP contribution is -2.16. The molecule has 0 aliphatic heterocycles. The number of thioether (sulfide) groups is 1. The van der Waals surface area contributed by atoms with E-state index in [1.54, 1.807) is 0 Å². The number of carbonyl (C=O) groups excluding carboxylic acids is 1. The average molecular weight is 496 g/mol. The van der Waals surface area contributed by atoms with Gasteiger partial charge in [-0.2, -0.15) is 0 Å². The maximum absolute atomic E-state index is 12.4. The molecule has 27 heavy (non-hydrogen) atoms. The number of aryl methyl sites for hydroxylation is 1. The van der Waals surface area contributed by atoms with Crippen LogP contribution in [0.25, 0.3) is 0 Å². The normalized spacial score (nSPS) is 14.9. The van der Waals surface area contributed by atoms with Gasteiger partial charge in [0.05, 0.1) is 5.75 Å². The number of amides is 1. The third-order valence-corrected chi connectivity index (χ3v) is 6.46. The van der Waals surface area contributed by atoms with Crippen LogP contribution in [0.2, 0.25) is 0 Å². The third-order valence-electron chi connectivity index (χ3n) is 4.82. The first kappa shape index (κ1) is 20.4. The molecule has 0 atom stereocenters. The first-order chi connectivity index (χ1) is 13.1. The molecule has 0 unspecified atom stereocenters. The largest absolute Gasteiger partial charge is 0.325 e. The predicted molar refractivity (Wildman–Crippen MR) is 119 cm³/mol. The van der Waals surface area contributed by atoms with Crippen LogP contribution in [0.4, 0.5) is 5.69 Å². The van der Waals surface area contributed by atoms with Crippen LogP contribution >= 0.6 is 34.4 Å². The van der Waals surface area contributed by atoms with Crippen molar-refractivity contribution in [2.24, 2.45) is 0 Å². The highest BCUT2D eigenvalue weighted by Gasteiger charge is 2.23. The first-order valence-corrected chi connectivity index (χ1v) is 11.4. The van der Waals surface area contributed by atoms with Crippen LogP contribution in [0.15, 0.2) is 36.0 Å². The molecule has 7 heteroatoms. The number of halogens is 1. The number of hydrogen-bond donors (Lipinski definition) is 1. The summed E-state index contributed by atoms with van der Waals surface area (Å²) in [6.07, 6.45) is 8.04. The molecule has 1 aromatic carbocycles. The Morgan fingerprint density at radius 1 is 1.37 bits per heavy atom. The van der Waals surface area contributed by atoms with Crippen molar-refractivity contribution in [3.8, 4) is 0 Å². The zero-order valence-corrected chi connectivity index (χ0v) is 18.6. The van der Waals surface area contributed by atoms with Crippen molar-refractivity contribution >= 4 is 45.9 Å². The smallest absolute Gasteiger partial charge is 0.234 e. The minimum Gasteiger partial charge on any atom is -0.325 e. The van der Waals surface area contributed by atoms with Gasteiger partial charge in [-0.25, -0.2) is 0 Å². The molecule has 1 aliphatic carbocycles. The zero-order valence-electron chi connectivity index (χ0n) is 15.6. The number of carbonyl (C=O) groups is 1. The summed E-state index contributed by atoms with van der Waals surface area (Å²) in [5.74, 6) is 1.80. The van der Waals surface area contributed by atoms with Gasteiger partial charge in [0.25, 0.3) is 0 Å². The summed E-state index contributed by atoms with van der Waals surface area (Å²) in [6, 6.07) is 6.00. The van der Waals surface area contributed by atoms with Crippen LogP contribution in [-0.2, 0) is 11.3 Å². The van der Waals surface area contributed by atoms with Gasteiger partial charge in [0.1, 0.15) is 5.82 Å². The molecule has 1 aromatic heterocycles. The lowest BCUT2D eigenvalue weighted by molar-refractivity contribution is -0.113. The van der Waals surface area contributed by atoms with Crippen molar-refractivity contribution in [3.63, 3.8) is 0 Å². The van der Waals surface area contributed by atoms with Crippen molar-refractivity contribution in [3.05, 3.63) is 45.8 Å². The van der Waals surface area contributed by atoms with Gasteiger partial charge < -0.3 is 9.88 Å². The fraction of sp³-hybridized carbons (Fsp3) is 0.450. The molecular weight excluding hydrogens is 471 g/mol. The molecular formula is C20H25IN4OS. The lowest BCUT2D eigenvalue weighted by atomic mass is 9.89. The van der Waals surface area contributed by atoms with E-state index >= 15 is 0 Å². The highest BCUT2D eigenvalue weighted by atomic mass is 127. The number of benzene rings is 1. The highest BCUT2D eigenvalue weighted by Crippen LogP contribution is 2.33. The summed E-state index contributed by atoms with van der Waals surface area (Å²) in [7, 11) is 0. The molecule has 1 fully saturated rings. The summed E-state index contributed by atoms with van der Waals surface area (Å²) in [5.41, 5.74) is 1.92. The number of nitrogens with one attached hydrogen (secondary N) is 1. The van der Waals surface area contributed by atoms with E-state index in [4.69, 9.17) is 0 Å². The van der Waals surface area contributed by atoms with E-state index in [2.05, 4.69) is 55.3 Å². The minimum absolute atomic E-state index is 0.0309. The Bertz CT molecular complexity index is 814. The summed E-state index contributed by atoms with van der Waals surface area (Å²) >= 11 is 3.71. The van der Waals surface area contributed by atoms with Crippen molar-refractivity contribution in [2.75, 3.05) is 11.1 Å². The van der Waals surface area contributed by atoms with E-state index in [-0.39, 0.29) is 5.91 Å². The van der Waals surface area contributed by atoms with E-state index in [1.807, 2.05) is 25.1 Å². The summed E-state index contributed by atoms with van der Waals surface area (Å²) in [6.45, 7) is 6.55. The van der Waals surface area contributed by atoms with Crippen molar-refractivity contribution in [2.45, 2.75) is 56.6 Å². The zero-order chi connectivity index (χ0) is 19.2. The molecule has 1 saturated carbocycles. The Hall–Kier alpha value is -1.35.